The Hall–Kier alpha value is -1.11. The number of hydrogen-bond acceptors (Lipinski definition) is 3. The molecule has 0 radical (unpaired) electrons. The van der Waals surface area contributed by atoms with Crippen molar-refractivity contribution in [3.63, 3.8) is 0 Å². The predicted molar refractivity (Wildman–Crippen MR) is 83.9 cm³/mol. The van der Waals surface area contributed by atoms with Crippen molar-refractivity contribution >= 4 is 15.9 Å². The zero-order valence-electron chi connectivity index (χ0n) is 12.5. The lowest BCUT2D eigenvalue weighted by atomic mass is 10.00. The first kappa shape index (κ1) is 14.8. The maximum atomic E-state index is 12.9. The van der Waals surface area contributed by atoms with Crippen LogP contribution in [0.15, 0.2) is 18.2 Å². The maximum Gasteiger partial charge on any atom is 0.282 e. The third-order valence-corrected chi connectivity index (χ3v) is 6.74. The van der Waals surface area contributed by atoms with Gasteiger partial charge in [0.05, 0.1) is 0 Å². The van der Waals surface area contributed by atoms with Gasteiger partial charge in [0, 0.05) is 31.4 Å². The van der Waals surface area contributed by atoms with Crippen molar-refractivity contribution in [1.29, 1.82) is 0 Å². The van der Waals surface area contributed by atoms with Gasteiger partial charge in [-0.3, -0.25) is 0 Å². The van der Waals surface area contributed by atoms with Gasteiger partial charge < -0.3 is 5.73 Å². The van der Waals surface area contributed by atoms with Crippen LogP contribution in [0.5, 0.6) is 0 Å². The predicted octanol–water partition coefficient (Wildman–Crippen LogP) is 1.75. The Balaban J connectivity index is 1.86. The summed E-state index contributed by atoms with van der Waals surface area (Å²) in [6.45, 7) is 3.58. The minimum Gasteiger partial charge on any atom is -0.398 e. The molecule has 116 valence electrons. The van der Waals surface area contributed by atoms with Crippen molar-refractivity contribution in [2.45, 2.75) is 45.2 Å². The van der Waals surface area contributed by atoms with E-state index in [1.807, 2.05) is 25.1 Å². The normalized spacial score (nSPS) is 24.7. The molecule has 0 amide bonds. The van der Waals surface area contributed by atoms with Gasteiger partial charge in [-0.1, -0.05) is 18.6 Å². The summed E-state index contributed by atoms with van der Waals surface area (Å²) in [6, 6.07) is 5.92. The summed E-state index contributed by atoms with van der Waals surface area (Å²) in [5.41, 5.74) is 8.85. The van der Waals surface area contributed by atoms with Crippen LogP contribution < -0.4 is 5.73 Å². The van der Waals surface area contributed by atoms with Crippen LogP contribution in [0.4, 0.5) is 5.69 Å². The Bertz CT molecular complexity index is 630. The molecule has 0 aliphatic carbocycles. The highest BCUT2D eigenvalue weighted by molar-refractivity contribution is 7.86. The molecule has 2 N–H and O–H groups in total. The Kier molecular flexibility index (Phi) is 3.94. The number of benzene rings is 1. The molecular formula is C15H23N3O2S. The first-order valence-electron chi connectivity index (χ1n) is 7.63. The summed E-state index contributed by atoms with van der Waals surface area (Å²) < 4.78 is 29.0. The molecule has 1 aromatic rings. The Labute approximate surface area is 126 Å². The molecule has 5 nitrogen and oxygen atoms in total. The number of piperidine rings is 1. The zero-order chi connectivity index (χ0) is 15.0. The summed E-state index contributed by atoms with van der Waals surface area (Å²) >= 11 is 0. The van der Waals surface area contributed by atoms with Crippen LogP contribution in [0.25, 0.3) is 0 Å². The molecule has 1 atom stereocenters. The molecule has 2 aliphatic heterocycles. The monoisotopic (exact) mass is 309 g/mol. The van der Waals surface area contributed by atoms with Gasteiger partial charge in [-0.15, -0.1) is 0 Å². The van der Waals surface area contributed by atoms with Crippen molar-refractivity contribution in [3.05, 3.63) is 29.3 Å². The van der Waals surface area contributed by atoms with E-state index in [9.17, 15) is 8.42 Å². The molecule has 1 saturated heterocycles. The van der Waals surface area contributed by atoms with Crippen molar-refractivity contribution in [3.8, 4) is 0 Å². The molecule has 0 spiro atoms. The third-order valence-electron chi connectivity index (χ3n) is 4.64. The second-order valence-corrected chi connectivity index (χ2v) is 7.91. The molecule has 1 aromatic carbocycles. The molecule has 0 saturated carbocycles. The second kappa shape index (κ2) is 5.59. The van der Waals surface area contributed by atoms with Crippen molar-refractivity contribution in [2.24, 2.45) is 0 Å². The van der Waals surface area contributed by atoms with Crippen molar-refractivity contribution < 1.29 is 8.42 Å². The number of nitrogens with zero attached hydrogens (tertiary/aromatic N) is 2. The molecule has 1 unspecified atom stereocenters. The number of anilines is 1. The molecule has 2 heterocycles. The minimum absolute atomic E-state index is 0.0956. The molecular weight excluding hydrogens is 286 g/mol. The summed E-state index contributed by atoms with van der Waals surface area (Å²) in [4.78, 5) is 0. The average molecular weight is 309 g/mol. The van der Waals surface area contributed by atoms with E-state index in [0.717, 1.165) is 31.2 Å². The van der Waals surface area contributed by atoms with Crippen LogP contribution in [0.3, 0.4) is 0 Å². The first-order chi connectivity index (χ1) is 10.00. The van der Waals surface area contributed by atoms with Crippen LogP contribution in [0.2, 0.25) is 0 Å². The van der Waals surface area contributed by atoms with Crippen LogP contribution >= 0.6 is 0 Å². The van der Waals surface area contributed by atoms with Crippen LogP contribution in [0, 0.1) is 0 Å². The smallest absolute Gasteiger partial charge is 0.282 e. The standard InChI is InChI=1S/C15H23N3O2S/c1-12-5-2-3-9-18(12)21(19,20)17-10-8-13-6-4-7-15(16)14(13)11-17/h4,6-7,12H,2-3,5,8-11,16H2,1H3. The SMILES string of the molecule is CC1CCCCN1S(=O)(=O)N1CCc2cccc(N)c2C1. The van der Waals surface area contributed by atoms with Gasteiger partial charge in [0.25, 0.3) is 10.2 Å². The van der Waals surface area contributed by atoms with Crippen LogP contribution in [0.1, 0.15) is 37.3 Å². The molecule has 1 fully saturated rings. The third kappa shape index (κ3) is 2.67. The van der Waals surface area contributed by atoms with E-state index in [1.54, 1.807) is 8.61 Å². The number of fused-ring (bicyclic) bond motifs is 1. The summed E-state index contributed by atoms with van der Waals surface area (Å²) in [5, 5.41) is 0. The quantitative estimate of drug-likeness (QED) is 0.846. The van der Waals surface area contributed by atoms with Crippen LogP contribution in [-0.2, 0) is 23.2 Å². The average Bonchev–Trinajstić information content (AvgIpc) is 2.47. The van der Waals surface area contributed by atoms with Crippen molar-refractivity contribution in [2.75, 3.05) is 18.8 Å². The van der Waals surface area contributed by atoms with E-state index in [-0.39, 0.29) is 6.04 Å². The van der Waals surface area contributed by atoms with E-state index >= 15 is 0 Å². The molecule has 3 rings (SSSR count). The number of rotatable bonds is 2. The van der Waals surface area contributed by atoms with Gasteiger partial charge >= 0.3 is 0 Å². The number of hydrogen-bond donors (Lipinski definition) is 1. The fourth-order valence-electron chi connectivity index (χ4n) is 3.34. The highest BCUT2D eigenvalue weighted by Gasteiger charge is 2.36. The fraction of sp³-hybridized carbons (Fsp3) is 0.600. The van der Waals surface area contributed by atoms with Gasteiger partial charge in [-0.25, -0.2) is 0 Å². The summed E-state index contributed by atoms with van der Waals surface area (Å²) in [6.07, 6.45) is 3.76. The maximum absolute atomic E-state index is 12.9. The highest BCUT2D eigenvalue weighted by Crippen LogP contribution is 2.29. The lowest BCUT2D eigenvalue weighted by molar-refractivity contribution is 0.240. The lowest BCUT2D eigenvalue weighted by Gasteiger charge is -2.38. The minimum atomic E-state index is -3.38. The number of nitrogens with two attached hydrogens (primary N) is 1. The van der Waals surface area contributed by atoms with E-state index < -0.39 is 10.2 Å². The molecule has 0 aromatic heterocycles. The number of nitrogen functional groups attached to an aromatic ring is 1. The Morgan fingerprint density at radius 3 is 2.81 bits per heavy atom. The van der Waals surface area contributed by atoms with Gasteiger partial charge in [-0.05, 0) is 43.4 Å². The Morgan fingerprint density at radius 1 is 1.24 bits per heavy atom. The van der Waals surface area contributed by atoms with Gasteiger partial charge in [0.15, 0.2) is 0 Å². The Morgan fingerprint density at radius 2 is 2.05 bits per heavy atom. The van der Waals surface area contributed by atoms with Gasteiger partial charge in [0.1, 0.15) is 0 Å². The van der Waals surface area contributed by atoms with E-state index in [0.29, 0.717) is 25.3 Å². The second-order valence-electron chi connectivity index (χ2n) is 6.03. The van der Waals surface area contributed by atoms with Crippen molar-refractivity contribution in [1.82, 2.24) is 8.61 Å². The largest absolute Gasteiger partial charge is 0.398 e. The topological polar surface area (TPSA) is 66.6 Å². The van der Waals surface area contributed by atoms with E-state index in [2.05, 4.69) is 0 Å². The van der Waals surface area contributed by atoms with E-state index in [4.69, 9.17) is 5.73 Å². The van der Waals surface area contributed by atoms with Gasteiger partial charge in [-0.2, -0.15) is 17.0 Å². The summed E-state index contributed by atoms with van der Waals surface area (Å²) in [7, 11) is -3.38. The first-order valence-corrected chi connectivity index (χ1v) is 9.03. The molecule has 2 aliphatic rings. The molecule has 21 heavy (non-hydrogen) atoms. The molecule has 6 heteroatoms. The van der Waals surface area contributed by atoms with Crippen LogP contribution in [-0.4, -0.2) is 36.2 Å². The lowest BCUT2D eigenvalue weighted by Crippen LogP contribution is -2.50. The molecule has 0 bridgehead atoms. The highest BCUT2D eigenvalue weighted by atomic mass is 32.2. The van der Waals surface area contributed by atoms with E-state index in [1.165, 1.54) is 5.56 Å². The fourth-order valence-corrected chi connectivity index (χ4v) is 5.17. The summed E-state index contributed by atoms with van der Waals surface area (Å²) in [5.74, 6) is 0. The van der Waals surface area contributed by atoms with Gasteiger partial charge in [0.2, 0.25) is 0 Å². The zero-order valence-corrected chi connectivity index (χ0v) is 13.3.